The predicted molar refractivity (Wildman–Crippen MR) is 120 cm³/mol. The number of benzene rings is 3. The molecule has 2 amide bonds. The van der Waals surface area contributed by atoms with Gasteiger partial charge in [-0.15, -0.1) is 0 Å². The van der Waals surface area contributed by atoms with Gasteiger partial charge < -0.3 is 17.2 Å². The van der Waals surface area contributed by atoms with E-state index in [0.29, 0.717) is 22.3 Å². The van der Waals surface area contributed by atoms with Crippen molar-refractivity contribution in [1.29, 1.82) is 0 Å². The number of hydrogen-bond donors (Lipinski definition) is 3. The van der Waals surface area contributed by atoms with Crippen molar-refractivity contribution in [3.63, 3.8) is 0 Å². The first-order chi connectivity index (χ1) is 14.5. The van der Waals surface area contributed by atoms with E-state index in [1.807, 2.05) is 0 Å². The Labute approximate surface area is 180 Å². The molecule has 31 heavy (non-hydrogen) atoms. The van der Waals surface area contributed by atoms with Crippen LogP contribution in [0.15, 0.2) is 65.6 Å². The van der Waals surface area contributed by atoms with Gasteiger partial charge >= 0.3 is 0 Å². The van der Waals surface area contributed by atoms with E-state index < -0.39 is 21.8 Å². The molecular weight excluding hydrogens is 416 g/mol. The Morgan fingerprint density at radius 3 is 1.81 bits per heavy atom. The average molecular weight is 439 g/mol. The van der Waals surface area contributed by atoms with Gasteiger partial charge in [0.05, 0.1) is 16.1 Å². The number of hydrogen-bond acceptors (Lipinski definition) is 5. The number of carbonyl (C=O) groups excluding carboxylic acids is 2. The zero-order valence-corrected chi connectivity index (χ0v) is 17.8. The van der Waals surface area contributed by atoms with Gasteiger partial charge in [-0.25, -0.2) is 12.7 Å². The lowest BCUT2D eigenvalue weighted by molar-refractivity contribution is 0.0992. The lowest BCUT2D eigenvalue weighted by Gasteiger charge is -2.15. The molecule has 3 aromatic carbocycles. The van der Waals surface area contributed by atoms with E-state index in [9.17, 15) is 18.0 Å². The number of anilines is 1. The number of nitrogens with two attached hydrogens (primary N) is 3. The van der Waals surface area contributed by atoms with Gasteiger partial charge in [-0.3, -0.25) is 9.59 Å². The van der Waals surface area contributed by atoms with Gasteiger partial charge in [-0.05, 0) is 53.1 Å². The van der Waals surface area contributed by atoms with Crippen LogP contribution in [0, 0.1) is 0 Å². The highest BCUT2D eigenvalue weighted by molar-refractivity contribution is 7.89. The summed E-state index contributed by atoms with van der Waals surface area (Å²) in [5, 5.41) is 0. The van der Waals surface area contributed by atoms with Crippen LogP contribution in [-0.2, 0) is 10.0 Å². The molecule has 0 aliphatic rings. The molecule has 0 heterocycles. The fourth-order valence-corrected chi connectivity index (χ4v) is 4.01. The molecule has 3 aromatic rings. The summed E-state index contributed by atoms with van der Waals surface area (Å²) in [5.74, 6) is -1.24. The van der Waals surface area contributed by atoms with Gasteiger partial charge in [0, 0.05) is 25.2 Å². The summed E-state index contributed by atoms with van der Waals surface area (Å²) in [7, 11) is -0.676. The maximum absolute atomic E-state index is 12.3. The van der Waals surface area contributed by atoms with E-state index in [-0.39, 0.29) is 16.1 Å². The standard InChI is InChI=1S/C22H22N4O4S/c1-26(2)31(29,30)17-9-7-14(8-10-17)18-11-16(12-19(20(18)23)22(25)28)13-3-5-15(6-4-13)21(24)27/h3-12H,23H2,1-2H3,(H2,24,27)(H2,25,28). The van der Waals surface area contributed by atoms with Crippen molar-refractivity contribution in [2.75, 3.05) is 19.8 Å². The van der Waals surface area contributed by atoms with Crippen molar-refractivity contribution in [3.8, 4) is 22.3 Å². The number of nitrogen functional groups attached to an aromatic ring is 1. The van der Waals surface area contributed by atoms with E-state index in [1.165, 1.54) is 26.2 Å². The van der Waals surface area contributed by atoms with Crippen LogP contribution in [0.25, 0.3) is 22.3 Å². The molecule has 0 radical (unpaired) electrons. The predicted octanol–water partition coefficient (Wildman–Crippen LogP) is 2.05. The molecule has 0 saturated carbocycles. The molecule has 9 heteroatoms. The van der Waals surface area contributed by atoms with Crippen molar-refractivity contribution in [2.45, 2.75) is 4.90 Å². The molecular formula is C22H22N4O4S. The van der Waals surface area contributed by atoms with Crippen LogP contribution in [0.4, 0.5) is 5.69 Å². The van der Waals surface area contributed by atoms with E-state index in [0.717, 1.165) is 9.87 Å². The van der Waals surface area contributed by atoms with Crippen LogP contribution < -0.4 is 17.2 Å². The first-order valence-corrected chi connectivity index (χ1v) is 10.6. The molecule has 0 aliphatic carbocycles. The normalized spacial score (nSPS) is 11.5. The average Bonchev–Trinajstić information content (AvgIpc) is 2.73. The molecule has 0 aliphatic heterocycles. The van der Waals surface area contributed by atoms with Crippen LogP contribution in [-0.4, -0.2) is 38.6 Å². The molecule has 6 N–H and O–H groups in total. The number of primary amides is 2. The summed E-state index contributed by atoms with van der Waals surface area (Å²) < 4.78 is 25.7. The van der Waals surface area contributed by atoms with Crippen molar-refractivity contribution in [3.05, 3.63) is 71.8 Å². The zero-order chi connectivity index (χ0) is 22.9. The van der Waals surface area contributed by atoms with Gasteiger partial charge in [0.2, 0.25) is 15.9 Å². The monoisotopic (exact) mass is 438 g/mol. The third-order valence-electron chi connectivity index (χ3n) is 4.89. The third kappa shape index (κ3) is 4.27. The van der Waals surface area contributed by atoms with E-state index in [1.54, 1.807) is 48.5 Å². The van der Waals surface area contributed by atoms with Crippen molar-refractivity contribution < 1.29 is 18.0 Å². The molecule has 0 atom stereocenters. The van der Waals surface area contributed by atoms with Gasteiger partial charge in [0.25, 0.3) is 5.91 Å². The van der Waals surface area contributed by atoms with Crippen LogP contribution in [0.5, 0.6) is 0 Å². The Kier molecular flexibility index (Phi) is 5.83. The van der Waals surface area contributed by atoms with Gasteiger partial charge in [0.15, 0.2) is 0 Å². The molecule has 0 spiro atoms. The Morgan fingerprint density at radius 2 is 1.32 bits per heavy atom. The first-order valence-electron chi connectivity index (χ1n) is 9.19. The minimum atomic E-state index is -3.58. The van der Waals surface area contributed by atoms with E-state index in [4.69, 9.17) is 17.2 Å². The summed E-state index contributed by atoms with van der Waals surface area (Å²) in [6.07, 6.45) is 0. The van der Waals surface area contributed by atoms with Crippen molar-refractivity contribution >= 4 is 27.5 Å². The number of rotatable bonds is 6. The highest BCUT2D eigenvalue weighted by Gasteiger charge is 2.19. The molecule has 0 saturated heterocycles. The van der Waals surface area contributed by atoms with Crippen LogP contribution >= 0.6 is 0 Å². The van der Waals surface area contributed by atoms with E-state index >= 15 is 0 Å². The number of amides is 2. The Morgan fingerprint density at radius 1 is 0.774 bits per heavy atom. The summed E-state index contributed by atoms with van der Waals surface area (Å²) in [5.41, 5.74) is 20.2. The first kappa shape index (κ1) is 22.0. The van der Waals surface area contributed by atoms with Crippen LogP contribution in [0.2, 0.25) is 0 Å². The fourth-order valence-electron chi connectivity index (χ4n) is 3.11. The summed E-state index contributed by atoms with van der Waals surface area (Å²) in [6.45, 7) is 0. The second-order valence-corrected chi connectivity index (χ2v) is 9.25. The third-order valence-corrected chi connectivity index (χ3v) is 6.72. The maximum Gasteiger partial charge on any atom is 0.250 e. The molecule has 0 fully saturated rings. The summed E-state index contributed by atoms with van der Waals surface area (Å²) in [4.78, 5) is 23.4. The number of carbonyl (C=O) groups is 2. The second kappa shape index (κ2) is 8.21. The Hall–Kier alpha value is -3.69. The SMILES string of the molecule is CN(C)S(=O)(=O)c1ccc(-c2cc(-c3ccc(C(N)=O)cc3)cc(C(N)=O)c2N)cc1. The zero-order valence-electron chi connectivity index (χ0n) is 17.0. The van der Waals surface area contributed by atoms with Gasteiger partial charge in [0.1, 0.15) is 0 Å². The smallest absolute Gasteiger partial charge is 0.250 e. The molecule has 0 aromatic heterocycles. The quantitative estimate of drug-likeness (QED) is 0.503. The number of sulfonamides is 1. The van der Waals surface area contributed by atoms with Gasteiger partial charge in [-0.2, -0.15) is 0 Å². The highest BCUT2D eigenvalue weighted by Crippen LogP contribution is 2.35. The van der Waals surface area contributed by atoms with Crippen molar-refractivity contribution in [1.82, 2.24) is 4.31 Å². The fraction of sp³-hybridized carbons (Fsp3) is 0.0909. The number of nitrogens with zero attached hydrogens (tertiary/aromatic N) is 1. The molecule has 0 bridgehead atoms. The lowest BCUT2D eigenvalue weighted by Crippen LogP contribution is -2.22. The Bertz CT molecular complexity index is 1270. The minimum Gasteiger partial charge on any atom is -0.398 e. The summed E-state index contributed by atoms with van der Waals surface area (Å²) in [6, 6.07) is 16.1. The Balaban J connectivity index is 2.14. The highest BCUT2D eigenvalue weighted by atomic mass is 32.2. The van der Waals surface area contributed by atoms with Crippen LogP contribution in [0.3, 0.4) is 0 Å². The van der Waals surface area contributed by atoms with Gasteiger partial charge in [-0.1, -0.05) is 24.3 Å². The lowest BCUT2D eigenvalue weighted by atomic mass is 9.93. The molecule has 160 valence electrons. The second-order valence-electron chi connectivity index (χ2n) is 7.10. The van der Waals surface area contributed by atoms with Crippen molar-refractivity contribution in [2.24, 2.45) is 11.5 Å². The molecule has 0 unspecified atom stereocenters. The minimum absolute atomic E-state index is 0.133. The maximum atomic E-state index is 12.3. The molecule has 8 nitrogen and oxygen atoms in total. The largest absolute Gasteiger partial charge is 0.398 e. The van der Waals surface area contributed by atoms with Crippen LogP contribution in [0.1, 0.15) is 20.7 Å². The topological polar surface area (TPSA) is 150 Å². The molecule has 3 rings (SSSR count). The summed E-state index contributed by atoms with van der Waals surface area (Å²) >= 11 is 0. The van der Waals surface area contributed by atoms with E-state index in [2.05, 4.69) is 0 Å².